The maximum absolute atomic E-state index is 12.0. The number of hydrogen-bond donors (Lipinski definition) is 1. The quantitative estimate of drug-likeness (QED) is 0.677. The number of nitro groups is 1. The fraction of sp³-hybridized carbons (Fsp3) is 0.364. The van der Waals surface area contributed by atoms with Crippen LogP contribution in [0.2, 0.25) is 0 Å². The molecule has 0 fully saturated rings. The molecule has 0 aliphatic carbocycles. The number of amides is 1. The lowest BCUT2D eigenvalue weighted by molar-refractivity contribution is -0.384. The molecule has 0 bridgehead atoms. The third kappa shape index (κ3) is 4.57. The van der Waals surface area contributed by atoms with Gasteiger partial charge in [-0.25, -0.2) is 0 Å². The number of alkyl halides is 3. The lowest BCUT2D eigenvalue weighted by Crippen LogP contribution is -2.42. The molecule has 0 saturated carbocycles. The molecule has 0 aliphatic rings. The lowest BCUT2D eigenvalue weighted by Gasteiger charge is -2.15. The zero-order valence-electron chi connectivity index (χ0n) is 9.90. The Balaban J connectivity index is 2.60. The summed E-state index contributed by atoms with van der Waals surface area (Å²) in [5.41, 5.74) is 0.497. The van der Waals surface area contributed by atoms with Gasteiger partial charge in [0.15, 0.2) is 0 Å². The molecule has 1 amide bonds. The number of carbonyl (C=O) groups is 1. The molecule has 104 valence electrons. The Kier molecular flexibility index (Phi) is 4.47. The van der Waals surface area contributed by atoms with Crippen molar-refractivity contribution in [2.75, 3.05) is 0 Å². The first-order valence-corrected chi connectivity index (χ1v) is 5.31. The van der Waals surface area contributed by atoms with Crippen LogP contribution in [0, 0.1) is 10.1 Å². The highest BCUT2D eigenvalue weighted by Crippen LogP contribution is 2.16. The van der Waals surface area contributed by atoms with Crippen LogP contribution >= 0.6 is 0 Å². The molecule has 1 rings (SSSR count). The summed E-state index contributed by atoms with van der Waals surface area (Å²) in [6, 6.07) is 4.67. The molecule has 0 aliphatic heterocycles. The van der Waals surface area contributed by atoms with E-state index in [4.69, 9.17) is 0 Å². The van der Waals surface area contributed by atoms with Crippen LogP contribution in [0.5, 0.6) is 0 Å². The van der Waals surface area contributed by atoms with Crippen LogP contribution < -0.4 is 5.32 Å². The van der Waals surface area contributed by atoms with Gasteiger partial charge in [-0.1, -0.05) is 12.1 Å². The van der Waals surface area contributed by atoms with Crippen molar-refractivity contribution in [1.29, 1.82) is 0 Å². The van der Waals surface area contributed by atoms with Crippen LogP contribution in [0.3, 0.4) is 0 Å². The van der Waals surface area contributed by atoms with Gasteiger partial charge in [0.2, 0.25) is 0 Å². The zero-order chi connectivity index (χ0) is 14.6. The van der Waals surface area contributed by atoms with Gasteiger partial charge in [0, 0.05) is 18.2 Å². The first-order chi connectivity index (χ1) is 8.70. The highest BCUT2D eigenvalue weighted by atomic mass is 19.4. The lowest BCUT2D eigenvalue weighted by atomic mass is 10.1. The van der Waals surface area contributed by atoms with Crippen LogP contribution in [0.1, 0.15) is 12.5 Å². The van der Waals surface area contributed by atoms with Gasteiger partial charge in [0.05, 0.1) is 4.92 Å². The van der Waals surface area contributed by atoms with Crippen LogP contribution in [0.15, 0.2) is 24.3 Å². The van der Waals surface area contributed by atoms with Gasteiger partial charge in [-0.15, -0.1) is 0 Å². The topological polar surface area (TPSA) is 72.2 Å². The highest BCUT2D eigenvalue weighted by Gasteiger charge is 2.39. The minimum atomic E-state index is -4.91. The van der Waals surface area contributed by atoms with E-state index < -0.39 is 23.0 Å². The molecule has 1 aromatic carbocycles. The minimum absolute atomic E-state index is 0.101. The minimum Gasteiger partial charge on any atom is -0.345 e. The van der Waals surface area contributed by atoms with E-state index in [0.29, 0.717) is 5.56 Å². The predicted molar refractivity (Wildman–Crippen MR) is 60.5 cm³/mol. The number of benzene rings is 1. The van der Waals surface area contributed by atoms with E-state index in [2.05, 4.69) is 0 Å². The molecule has 5 nitrogen and oxygen atoms in total. The van der Waals surface area contributed by atoms with Crippen LogP contribution in [-0.4, -0.2) is 23.0 Å². The number of hydrogen-bond acceptors (Lipinski definition) is 3. The second kappa shape index (κ2) is 5.68. The Morgan fingerprint density at radius 1 is 1.37 bits per heavy atom. The predicted octanol–water partition coefficient (Wildman–Crippen LogP) is 2.20. The maximum Gasteiger partial charge on any atom is 0.471 e. The van der Waals surface area contributed by atoms with Crippen molar-refractivity contribution in [3.63, 3.8) is 0 Å². The number of nitrogens with one attached hydrogen (secondary N) is 1. The molecular weight excluding hydrogens is 265 g/mol. The summed E-state index contributed by atoms with van der Waals surface area (Å²) in [6.07, 6.45) is -4.76. The summed E-state index contributed by atoms with van der Waals surface area (Å²) >= 11 is 0. The molecule has 0 heterocycles. The Hall–Kier alpha value is -2.12. The molecule has 0 radical (unpaired) electrons. The van der Waals surface area contributed by atoms with Gasteiger partial charge in [-0.2, -0.15) is 13.2 Å². The number of rotatable bonds is 4. The van der Waals surface area contributed by atoms with Crippen LogP contribution in [-0.2, 0) is 11.2 Å². The number of halogens is 3. The second-order valence-corrected chi connectivity index (χ2v) is 4.00. The number of carbonyl (C=O) groups excluding carboxylic acids is 1. The normalized spacial score (nSPS) is 12.8. The summed E-state index contributed by atoms with van der Waals surface area (Å²) in [7, 11) is 0. The van der Waals surface area contributed by atoms with E-state index in [1.54, 1.807) is 0 Å². The standard InChI is InChI=1S/C11H11F3N2O3/c1-7(15-10(17)11(12,13)14)6-8-2-4-9(5-3-8)16(18)19/h2-5,7H,6H2,1H3,(H,15,17)/t7-/m1/s1. The first kappa shape index (κ1) is 14.9. The highest BCUT2D eigenvalue weighted by molar-refractivity contribution is 5.81. The summed E-state index contributed by atoms with van der Waals surface area (Å²) in [5.74, 6) is -2.00. The Morgan fingerprint density at radius 2 is 1.89 bits per heavy atom. The Morgan fingerprint density at radius 3 is 2.32 bits per heavy atom. The second-order valence-electron chi connectivity index (χ2n) is 4.00. The average Bonchev–Trinajstić information content (AvgIpc) is 2.28. The fourth-order valence-corrected chi connectivity index (χ4v) is 1.46. The van der Waals surface area contributed by atoms with E-state index in [-0.39, 0.29) is 12.1 Å². The number of nitrogens with zero attached hydrogens (tertiary/aromatic N) is 1. The van der Waals surface area contributed by atoms with E-state index in [1.807, 2.05) is 5.32 Å². The van der Waals surface area contributed by atoms with E-state index >= 15 is 0 Å². The van der Waals surface area contributed by atoms with Gasteiger partial charge >= 0.3 is 12.1 Å². The molecule has 1 atom stereocenters. The molecule has 0 aromatic heterocycles. The van der Waals surface area contributed by atoms with Crippen molar-refractivity contribution in [2.45, 2.75) is 25.6 Å². The summed E-state index contributed by atoms with van der Waals surface area (Å²) in [5, 5.41) is 12.2. The molecule has 19 heavy (non-hydrogen) atoms. The largest absolute Gasteiger partial charge is 0.471 e. The summed E-state index contributed by atoms with van der Waals surface area (Å²) < 4.78 is 36.0. The zero-order valence-corrected chi connectivity index (χ0v) is 9.90. The average molecular weight is 276 g/mol. The molecule has 1 N–H and O–H groups in total. The van der Waals surface area contributed by atoms with Gasteiger partial charge < -0.3 is 5.32 Å². The smallest absolute Gasteiger partial charge is 0.345 e. The van der Waals surface area contributed by atoms with Gasteiger partial charge in [0.1, 0.15) is 0 Å². The van der Waals surface area contributed by atoms with Crippen molar-refractivity contribution in [3.8, 4) is 0 Å². The first-order valence-electron chi connectivity index (χ1n) is 5.31. The van der Waals surface area contributed by atoms with Crippen molar-refractivity contribution in [3.05, 3.63) is 39.9 Å². The van der Waals surface area contributed by atoms with E-state index in [0.717, 1.165) is 0 Å². The number of non-ortho nitro benzene ring substituents is 1. The summed E-state index contributed by atoms with van der Waals surface area (Å²) in [6.45, 7) is 1.42. The van der Waals surface area contributed by atoms with Gasteiger partial charge in [-0.05, 0) is 18.9 Å². The van der Waals surface area contributed by atoms with Crippen molar-refractivity contribution in [1.82, 2.24) is 5.32 Å². The van der Waals surface area contributed by atoms with E-state index in [1.165, 1.54) is 31.2 Å². The van der Waals surface area contributed by atoms with Crippen molar-refractivity contribution >= 4 is 11.6 Å². The van der Waals surface area contributed by atoms with Crippen LogP contribution in [0.4, 0.5) is 18.9 Å². The van der Waals surface area contributed by atoms with Crippen molar-refractivity contribution in [2.24, 2.45) is 0 Å². The molecule has 0 unspecified atom stereocenters. The SMILES string of the molecule is C[C@H](Cc1ccc([N+](=O)[O-])cc1)NC(=O)C(F)(F)F. The molecule has 1 aromatic rings. The Labute approximate surface area is 106 Å². The fourth-order valence-electron chi connectivity index (χ4n) is 1.46. The van der Waals surface area contributed by atoms with Crippen LogP contribution in [0.25, 0.3) is 0 Å². The monoisotopic (exact) mass is 276 g/mol. The summed E-state index contributed by atoms with van der Waals surface area (Å²) in [4.78, 5) is 20.5. The Bertz CT molecular complexity index is 471. The number of nitro benzene ring substituents is 1. The molecular formula is C11H11F3N2O3. The maximum atomic E-state index is 12.0. The van der Waals surface area contributed by atoms with Gasteiger partial charge in [-0.3, -0.25) is 14.9 Å². The molecule has 0 saturated heterocycles. The molecule has 0 spiro atoms. The van der Waals surface area contributed by atoms with Crippen molar-refractivity contribution < 1.29 is 22.9 Å². The van der Waals surface area contributed by atoms with E-state index in [9.17, 15) is 28.1 Å². The molecule has 8 heteroatoms. The third-order valence-corrected chi connectivity index (χ3v) is 2.32. The van der Waals surface area contributed by atoms with Gasteiger partial charge in [0.25, 0.3) is 5.69 Å². The third-order valence-electron chi connectivity index (χ3n) is 2.32.